The highest BCUT2D eigenvalue weighted by molar-refractivity contribution is 9.10. The minimum atomic E-state index is -0.579. The zero-order valence-corrected chi connectivity index (χ0v) is 12.7. The van der Waals surface area contributed by atoms with E-state index in [1.165, 1.54) is 0 Å². The molecule has 6 heteroatoms. The van der Waals surface area contributed by atoms with E-state index < -0.39 is 6.10 Å². The number of rotatable bonds is 4. The SMILES string of the molecule is Cc1nnc(COc2cc(Br)ccc2C(C)O)n1C. The van der Waals surface area contributed by atoms with Gasteiger partial charge in [0, 0.05) is 17.1 Å². The topological polar surface area (TPSA) is 60.2 Å². The first kappa shape index (κ1) is 14.0. The molecule has 0 saturated heterocycles. The number of aliphatic hydroxyl groups excluding tert-OH is 1. The van der Waals surface area contributed by atoms with Crippen LogP contribution in [-0.4, -0.2) is 19.9 Å². The molecule has 0 fully saturated rings. The number of halogens is 1. The van der Waals surface area contributed by atoms with Gasteiger partial charge in [0.25, 0.3) is 0 Å². The van der Waals surface area contributed by atoms with Crippen LogP contribution < -0.4 is 4.74 Å². The van der Waals surface area contributed by atoms with Gasteiger partial charge in [-0.15, -0.1) is 10.2 Å². The summed E-state index contributed by atoms with van der Waals surface area (Å²) in [5, 5.41) is 17.7. The fourth-order valence-corrected chi connectivity index (χ4v) is 2.04. The number of aromatic nitrogens is 3. The molecule has 1 atom stereocenters. The van der Waals surface area contributed by atoms with Gasteiger partial charge in [0.1, 0.15) is 18.2 Å². The first-order valence-electron chi connectivity index (χ1n) is 5.94. The summed E-state index contributed by atoms with van der Waals surface area (Å²) in [4.78, 5) is 0. The van der Waals surface area contributed by atoms with Crippen LogP contribution in [0.25, 0.3) is 0 Å². The van der Waals surface area contributed by atoms with Gasteiger partial charge in [-0.2, -0.15) is 0 Å². The van der Waals surface area contributed by atoms with Gasteiger partial charge in [0.15, 0.2) is 5.82 Å². The summed E-state index contributed by atoms with van der Waals surface area (Å²) in [7, 11) is 1.89. The van der Waals surface area contributed by atoms with E-state index in [-0.39, 0.29) is 0 Å². The number of benzene rings is 1. The van der Waals surface area contributed by atoms with E-state index in [1.54, 1.807) is 6.92 Å². The lowest BCUT2D eigenvalue weighted by Gasteiger charge is -2.13. The van der Waals surface area contributed by atoms with Crippen molar-refractivity contribution in [2.45, 2.75) is 26.6 Å². The summed E-state index contributed by atoms with van der Waals surface area (Å²) in [6.07, 6.45) is -0.579. The van der Waals surface area contributed by atoms with E-state index in [4.69, 9.17) is 4.74 Å². The summed E-state index contributed by atoms with van der Waals surface area (Å²) in [6.45, 7) is 3.91. The number of aliphatic hydroxyl groups is 1. The monoisotopic (exact) mass is 325 g/mol. The predicted molar refractivity (Wildman–Crippen MR) is 74.8 cm³/mol. The molecule has 0 aliphatic heterocycles. The molecule has 0 amide bonds. The fourth-order valence-electron chi connectivity index (χ4n) is 1.70. The van der Waals surface area contributed by atoms with Crippen molar-refractivity contribution in [2.24, 2.45) is 7.05 Å². The van der Waals surface area contributed by atoms with Gasteiger partial charge < -0.3 is 14.4 Å². The molecule has 1 heterocycles. The average Bonchev–Trinajstić information content (AvgIpc) is 2.67. The van der Waals surface area contributed by atoms with Crippen molar-refractivity contribution >= 4 is 15.9 Å². The van der Waals surface area contributed by atoms with Crippen LogP contribution in [0.3, 0.4) is 0 Å². The Bertz CT molecular complexity index is 581. The maximum absolute atomic E-state index is 9.72. The van der Waals surface area contributed by atoms with Gasteiger partial charge in [-0.25, -0.2) is 0 Å². The lowest BCUT2D eigenvalue weighted by atomic mass is 10.1. The third-order valence-electron chi connectivity index (χ3n) is 2.97. The van der Waals surface area contributed by atoms with Gasteiger partial charge in [0.05, 0.1) is 6.10 Å². The van der Waals surface area contributed by atoms with Crippen LogP contribution in [0.15, 0.2) is 22.7 Å². The second kappa shape index (κ2) is 5.71. The summed E-state index contributed by atoms with van der Waals surface area (Å²) in [5.41, 5.74) is 0.752. The summed E-state index contributed by atoms with van der Waals surface area (Å²) >= 11 is 3.40. The molecule has 0 aliphatic rings. The maximum atomic E-state index is 9.72. The van der Waals surface area contributed by atoms with E-state index in [2.05, 4.69) is 26.1 Å². The molecule has 0 saturated carbocycles. The highest BCUT2D eigenvalue weighted by Gasteiger charge is 2.12. The zero-order valence-electron chi connectivity index (χ0n) is 11.1. The van der Waals surface area contributed by atoms with Crippen LogP contribution in [0.2, 0.25) is 0 Å². The smallest absolute Gasteiger partial charge is 0.170 e. The molecule has 19 heavy (non-hydrogen) atoms. The Hall–Kier alpha value is -1.40. The second-order valence-electron chi connectivity index (χ2n) is 4.37. The maximum Gasteiger partial charge on any atom is 0.170 e. The standard InChI is InChI=1S/C13H16BrN3O2/c1-8(18)11-5-4-10(14)6-12(11)19-7-13-16-15-9(2)17(13)3/h4-6,8,18H,7H2,1-3H3. The minimum Gasteiger partial charge on any atom is -0.485 e. The fraction of sp³-hybridized carbons (Fsp3) is 0.385. The van der Waals surface area contributed by atoms with Gasteiger partial charge in [0.2, 0.25) is 0 Å². The van der Waals surface area contributed by atoms with E-state index in [9.17, 15) is 5.11 Å². The minimum absolute atomic E-state index is 0.313. The molecule has 2 aromatic rings. The molecule has 102 valence electrons. The van der Waals surface area contributed by atoms with Crippen molar-refractivity contribution in [3.05, 3.63) is 39.9 Å². The quantitative estimate of drug-likeness (QED) is 0.938. The molecule has 1 N–H and O–H groups in total. The van der Waals surface area contributed by atoms with Crippen molar-refractivity contribution in [1.82, 2.24) is 14.8 Å². The van der Waals surface area contributed by atoms with E-state index in [0.717, 1.165) is 21.7 Å². The highest BCUT2D eigenvalue weighted by atomic mass is 79.9. The zero-order chi connectivity index (χ0) is 14.0. The van der Waals surface area contributed by atoms with Crippen LogP contribution >= 0.6 is 15.9 Å². The van der Waals surface area contributed by atoms with Crippen LogP contribution in [0.4, 0.5) is 0 Å². The van der Waals surface area contributed by atoms with Crippen molar-refractivity contribution in [2.75, 3.05) is 0 Å². The Morgan fingerprint density at radius 2 is 2.16 bits per heavy atom. The summed E-state index contributed by atoms with van der Waals surface area (Å²) < 4.78 is 8.52. The third kappa shape index (κ3) is 3.13. The molecule has 1 aromatic carbocycles. The van der Waals surface area contributed by atoms with Crippen LogP contribution in [-0.2, 0) is 13.7 Å². The van der Waals surface area contributed by atoms with Crippen LogP contribution in [0.1, 0.15) is 30.2 Å². The molecular weight excluding hydrogens is 310 g/mol. The van der Waals surface area contributed by atoms with Gasteiger partial charge in [-0.05, 0) is 26.0 Å². The molecule has 1 aromatic heterocycles. The molecule has 0 aliphatic carbocycles. The lowest BCUT2D eigenvalue weighted by Crippen LogP contribution is -2.06. The molecule has 0 radical (unpaired) electrons. The number of nitrogens with zero attached hydrogens (tertiary/aromatic N) is 3. The second-order valence-corrected chi connectivity index (χ2v) is 5.28. The van der Waals surface area contributed by atoms with Gasteiger partial charge >= 0.3 is 0 Å². The van der Waals surface area contributed by atoms with E-state index in [1.807, 2.05) is 36.7 Å². The van der Waals surface area contributed by atoms with Gasteiger partial charge in [-0.3, -0.25) is 0 Å². The van der Waals surface area contributed by atoms with Crippen LogP contribution in [0, 0.1) is 6.92 Å². The Balaban J connectivity index is 2.19. The number of ether oxygens (including phenoxy) is 1. The van der Waals surface area contributed by atoms with Gasteiger partial charge in [-0.1, -0.05) is 22.0 Å². The predicted octanol–water partition coefficient (Wildman–Crippen LogP) is 2.52. The first-order valence-corrected chi connectivity index (χ1v) is 6.73. The summed E-state index contributed by atoms with van der Waals surface area (Å²) in [6, 6.07) is 5.55. The van der Waals surface area contributed by atoms with E-state index in [0.29, 0.717) is 12.4 Å². The number of hydrogen-bond acceptors (Lipinski definition) is 4. The van der Waals surface area contributed by atoms with Crippen molar-refractivity contribution < 1.29 is 9.84 Å². The Morgan fingerprint density at radius 3 is 2.74 bits per heavy atom. The van der Waals surface area contributed by atoms with Crippen molar-refractivity contribution in [3.8, 4) is 5.75 Å². The Labute approximate surface area is 120 Å². The van der Waals surface area contributed by atoms with Crippen molar-refractivity contribution in [3.63, 3.8) is 0 Å². The normalized spacial score (nSPS) is 12.5. The van der Waals surface area contributed by atoms with E-state index >= 15 is 0 Å². The molecule has 2 rings (SSSR count). The lowest BCUT2D eigenvalue weighted by molar-refractivity contribution is 0.189. The highest BCUT2D eigenvalue weighted by Crippen LogP contribution is 2.29. The molecular formula is C13H16BrN3O2. The summed E-state index contributed by atoms with van der Waals surface area (Å²) in [5.74, 6) is 2.22. The molecule has 1 unspecified atom stereocenters. The van der Waals surface area contributed by atoms with Crippen molar-refractivity contribution in [1.29, 1.82) is 0 Å². The number of hydrogen-bond donors (Lipinski definition) is 1. The first-order chi connectivity index (χ1) is 8.99. The molecule has 0 spiro atoms. The third-order valence-corrected chi connectivity index (χ3v) is 3.46. The van der Waals surface area contributed by atoms with Crippen LogP contribution in [0.5, 0.6) is 5.75 Å². The largest absolute Gasteiger partial charge is 0.485 e. The average molecular weight is 326 g/mol. The number of aryl methyl sites for hydroxylation is 1. The molecule has 0 bridgehead atoms. The Morgan fingerprint density at radius 1 is 1.42 bits per heavy atom. The Kier molecular flexibility index (Phi) is 4.21. The molecule has 5 nitrogen and oxygen atoms in total.